The minimum Gasteiger partial charge on any atom is -0.545 e. The lowest BCUT2D eigenvalue weighted by Crippen LogP contribution is -2.23. The van der Waals surface area contributed by atoms with Crippen molar-refractivity contribution in [3.63, 3.8) is 0 Å². The van der Waals surface area contributed by atoms with Crippen molar-refractivity contribution in [2.45, 2.75) is 13.2 Å². The maximum atomic E-state index is 12.5. The number of rotatable bonds is 7. The number of aromatic carboxylic acids is 1. The van der Waals surface area contributed by atoms with Crippen molar-refractivity contribution in [2.75, 3.05) is 0 Å². The summed E-state index contributed by atoms with van der Waals surface area (Å²) in [6.45, 7) is -0.00581. The summed E-state index contributed by atoms with van der Waals surface area (Å²) in [6, 6.07) is 21.5. The Morgan fingerprint density at radius 3 is 1.62 bits per heavy atom. The predicted octanol–water partition coefficient (Wildman–Crippen LogP) is 2.76. The molecule has 0 aliphatic heterocycles. The monoisotopic (exact) mass is 389 g/mol. The van der Waals surface area contributed by atoms with Gasteiger partial charge in [0.2, 0.25) is 0 Å². The SMILES string of the molecule is O=C([O-])c1ccc(C(=O)OCc2ccccc2)c(C(=O)OCc2ccccc2)c1. The molecular weight excluding hydrogens is 372 g/mol. The second-order valence-corrected chi connectivity index (χ2v) is 6.17. The van der Waals surface area contributed by atoms with E-state index in [1.165, 1.54) is 12.1 Å². The summed E-state index contributed by atoms with van der Waals surface area (Å²) in [5.74, 6) is -3.06. The van der Waals surface area contributed by atoms with E-state index in [2.05, 4.69) is 0 Å². The van der Waals surface area contributed by atoms with Gasteiger partial charge in [0.05, 0.1) is 17.1 Å². The average Bonchev–Trinajstić information content (AvgIpc) is 2.76. The lowest BCUT2D eigenvalue weighted by atomic mass is 10.0. The molecule has 146 valence electrons. The maximum absolute atomic E-state index is 12.5. The van der Waals surface area contributed by atoms with E-state index >= 15 is 0 Å². The van der Waals surface area contributed by atoms with E-state index < -0.39 is 17.9 Å². The molecule has 6 nitrogen and oxygen atoms in total. The molecule has 3 aromatic carbocycles. The van der Waals surface area contributed by atoms with Gasteiger partial charge in [0.25, 0.3) is 0 Å². The van der Waals surface area contributed by atoms with Crippen LogP contribution < -0.4 is 5.11 Å². The molecule has 0 fully saturated rings. The summed E-state index contributed by atoms with van der Waals surface area (Å²) in [6.07, 6.45) is 0. The van der Waals surface area contributed by atoms with Gasteiger partial charge >= 0.3 is 11.9 Å². The quantitative estimate of drug-likeness (QED) is 0.577. The third kappa shape index (κ3) is 5.29. The lowest BCUT2D eigenvalue weighted by molar-refractivity contribution is -0.255. The van der Waals surface area contributed by atoms with Crippen LogP contribution in [0.15, 0.2) is 78.9 Å². The van der Waals surface area contributed by atoms with Gasteiger partial charge in [-0.15, -0.1) is 0 Å². The van der Waals surface area contributed by atoms with E-state index in [-0.39, 0.29) is 29.9 Å². The van der Waals surface area contributed by atoms with Gasteiger partial charge in [-0.25, -0.2) is 9.59 Å². The first-order chi connectivity index (χ1) is 14.0. The molecule has 0 radical (unpaired) electrons. The summed E-state index contributed by atoms with van der Waals surface area (Å²) in [4.78, 5) is 36.2. The average molecular weight is 389 g/mol. The first-order valence-corrected chi connectivity index (χ1v) is 8.82. The van der Waals surface area contributed by atoms with Crippen molar-refractivity contribution in [3.05, 3.63) is 107 Å². The molecule has 6 heteroatoms. The fraction of sp³-hybridized carbons (Fsp3) is 0.0870. The molecule has 3 aromatic rings. The van der Waals surface area contributed by atoms with E-state index in [0.29, 0.717) is 0 Å². The van der Waals surface area contributed by atoms with E-state index in [0.717, 1.165) is 17.2 Å². The number of carboxylic acids is 1. The highest BCUT2D eigenvalue weighted by Gasteiger charge is 2.21. The molecule has 0 N–H and O–H groups in total. The molecule has 0 saturated heterocycles. The molecule has 0 bridgehead atoms. The van der Waals surface area contributed by atoms with Crippen molar-refractivity contribution in [1.29, 1.82) is 0 Å². The van der Waals surface area contributed by atoms with Crippen molar-refractivity contribution in [2.24, 2.45) is 0 Å². The molecule has 0 aliphatic rings. The highest BCUT2D eigenvalue weighted by atomic mass is 16.5. The van der Waals surface area contributed by atoms with Crippen molar-refractivity contribution in [3.8, 4) is 0 Å². The summed E-state index contributed by atoms with van der Waals surface area (Å²) < 4.78 is 10.5. The zero-order valence-corrected chi connectivity index (χ0v) is 15.4. The van der Waals surface area contributed by atoms with Crippen LogP contribution >= 0.6 is 0 Å². The predicted molar refractivity (Wildman–Crippen MR) is 102 cm³/mol. The van der Waals surface area contributed by atoms with Gasteiger partial charge in [-0.05, 0) is 28.8 Å². The molecule has 3 rings (SSSR count). The van der Waals surface area contributed by atoms with Crippen molar-refractivity contribution in [1.82, 2.24) is 0 Å². The standard InChI is InChI=1S/C23H18O6/c24-21(25)18-11-12-19(22(26)28-14-16-7-3-1-4-8-16)20(13-18)23(27)29-15-17-9-5-2-6-10-17/h1-13H,14-15H2,(H,24,25)/p-1. The van der Waals surface area contributed by atoms with E-state index in [1.54, 1.807) is 36.4 Å². The Hall–Kier alpha value is -3.93. The Morgan fingerprint density at radius 1 is 0.655 bits per heavy atom. The van der Waals surface area contributed by atoms with Gasteiger partial charge in [0.15, 0.2) is 0 Å². The van der Waals surface area contributed by atoms with Crippen LogP contribution in [0, 0.1) is 0 Å². The van der Waals surface area contributed by atoms with Crippen LogP contribution in [0.4, 0.5) is 0 Å². The van der Waals surface area contributed by atoms with Gasteiger partial charge in [-0.3, -0.25) is 0 Å². The van der Waals surface area contributed by atoms with Gasteiger partial charge in [0, 0.05) is 0 Å². The Morgan fingerprint density at radius 2 is 1.14 bits per heavy atom. The normalized spacial score (nSPS) is 10.2. The number of esters is 2. The van der Waals surface area contributed by atoms with Crippen LogP contribution in [0.5, 0.6) is 0 Å². The van der Waals surface area contributed by atoms with Crippen LogP contribution in [-0.2, 0) is 22.7 Å². The number of hydrogen-bond acceptors (Lipinski definition) is 6. The fourth-order valence-corrected chi connectivity index (χ4v) is 2.62. The molecule has 0 unspecified atom stereocenters. The van der Waals surface area contributed by atoms with Crippen LogP contribution in [0.1, 0.15) is 42.2 Å². The number of carboxylic acid groups (broad SMARTS) is 1. The second kappa shape index (κ2) is 9.32. The maximum Gasteiger partial charge on any atom is 0.339 e. The first kappa shape index (κ1) is 19.8. The number of hydrogen-bond donors (Lipinski definition) is 0. The highest BCUT2D eigenvalue weighted by Crippen LogP contribution is 2.17. The first-order valence-electron chi connectivity index (χ1n) is 8.82. The van der Waals surface area contributed by atoms with Crippen molar-refractivity contribution < 1.29 is 29.0 Å². The Balaban J connectivity index is 1.79. The summed E-state index contributed by atoms with van der Waals surface area (Å²) in [5, 5.41) is 11.2. The Bertz CT molecular complexity index is 1010. The van der Waals surface area contributed by atoms with Gasteiger partial charge in [0.1, 0.15) is 13.2 Å². The molecule has 29 heavy (non-hydrogen) atoms. The minimum atomic E-state index is -1.47. The number of carbonyl (C=O) groups is 3. The molecule has 0 saturated carbocycles. The number of ether oxygens (including phenoxy) is 2. The Labute approximate surface area is 167 Å². The van der Waals surface area contributed by atoms with Crippen LogP contribution in [0.2, 0.25) is 0 Å². The zero-order valence-electron chi connectivity index (χ0n) is 15.4. The summed E-state index contributed by atoms with van der Waals surface area (Å²) >= 11 is 0. The molecular formula is C23H17O6-. The highest BCUT2D eigenvalue weighted by molar-refractivity contribution is 6.04. The zero-order chi connectivity index (χ0) is 20.6. The van der Waals surface area contributed by atoms with E-state index in [1.807, 2.05) is 24.3 Å². The van der Waals surface area contributed by atoms with Crippen LogP contribution in [0.25, 0.3) is 0 Å². The second-order valence-electron chi connectivity index (χ2n) is 6.17. The van der Waals surface area contributed by atoms with Gasteiger partial charge < -0.3 is 19.4 Å². The van der Waals surface area contributed by atoms with Gasteiger partial charge in [-0.2, -0.15) is 0 Å². The van der Waals surface area contributed by atoms with Crippen LogP contribution in [-0.4, -0.2) is 17.9 Å². The fourth-order valence-electron chi connectivity index (χ4n) is 2.62. The van der Waals surface area contributed by atoms with Crippen LogP contribution in [0.3, 0.4) is 0 Å². The molecule has 0 amide bonds. The summed E-state index contributed by atoms with van der Waals surface area (Å²) in [5.41, 5.74) is 1.02. The molecule has 0 aromatic heterocycles. The molecule has 0 heterocycles. The third-order valence-electron chi connectivity index (χ3n) is 4.12. The smallest absolute Gasteiger partial charge is 0.339 e. The van der Waals surface area contributed by atoms with Crippen molar-refractivity contribution >= 4 is 17.9 Å². The third-order valence-corrected chi connectivity index (χ3v) is 4.12. The Kier molecular flexibility index (Phi) is 6.37. The van der Waals surface area contributed by atoms with E-state index in [4.69, 9.17) is 9.47 Å². The lowest BCUT2D eigenvalue weighted by Gasteiger charge is -2.12. The topological polar surface area (TPSA) is 92.7 Å². The van der Waals surface area contributed by atoms with Gasteiger partial charge in [-0.1, -0.05) is 66.7 Å². The molecule has 0 spiro atoms. The summed E-state index contributed by atoms with van der Waals surface area (Å²) in [7, 11) is 0. The minimum absolute atomic E-state index is 0.0143. The largest absolute Gasteiger partial charge is 0.545 e. The number of carbonyl (C=O) groups excluding carboxylic acids is 3. The number of benzene rings is 3. The molecule has 0 atom stereocenters. The van der Waals surface area contributed by atoms with E-state index in [9.17, 15) is 19.5 Å². The molecule has 0 aliphatic carbocycles.